The highest BCUT2D eigenvalue weighted by atomic mass is 28.4. The number of benzene rings is 1. The molecule has 0 aliphatic heterocycles. The van der Waals surface area contributed by atoms with Crippen molar-refractivity contribution in [3.63, 3.8) is 0 Å². The molecule has 0 amide bonds. The minimum Gasteiger partial charge on any atom is -0.410 e. The van der Waals surface area contributed by atoms with E-state index in [0.717, 1.165) is 5.57 Å². The second kappa shape index (κ2) is 5.64. The molecule has 1 aromatic rings. The predicted octanol–water partition coefficient (Wildman–Crippen LogP) is 5.80. The van der Waals surface area contributed by atoms with E-state index < -0.39 is 8.32 Å². The molecule has 0 N–H and O–H groups in total. The van der Waals surface area contributed by atoms with Crippen LogP contribution in [0.25, 0.3) is 5.57 Å². The van der Waals surface area contributed by atoms with Crippen LogP contribution in [0.15, 0.2) is 30.8 Å². The highest BCUT2D eigenvalue weighted by molar-refractivity contribution is 6.74. The molecule has 0 saturated heterocycles. The summed E-state index contributed by atoms with van der Waals surface area (Å²) in [5.74, 6) is 0. The van der Waals surface area contributed by atoms with E-state index in [-0.39, 0.29) is 11.1 Å². The second-order valence-corrected chi connectivity index (χ2v) is 11.7. The van der Waals surface area contributed by atoms with Gasteiger partial charge in [0.25, 0.3) is 0 Å². The third-order valence-electron chi connectivity index (χ3n) is 4.15. The summed E-state index contributed by atoms with van der Waals surface area (Å²) in [5.41, 5.74) is 3.54. The topological polar surface area (TPSA) is 9.23 Å². The monoisotopic (exact) mass is 276 g/mol. The molecule has 0 aliphatic carbocycles. The van der Waals surface area contributed by atoms with E-state index in [9.17, 15) is 0 Å². The quantitative estimate of drug-likeness (QED) is 0.631. The molecule has 1 rings (SSSR count). The minimum absolute atomic E-state index is 0.153. The van der Waals surface area contributed by atoms with Crippen molar-refractivity contribution in [2.75, 3.05) is 0 Å². The molecule has 1 aromatic carbocycles. The van der Waals surface area contributed by atoms with Crippen LogP contribution in [-0.4, -0.2) is 8.32 Å². The average molecular weight is 276 g/mol. The molecule has 1 atom stereocenters. The Kier molecular flexibility index (Phi) is 4.80. The first-order valence-corrected chi connectivity index (χ1v) is 9.89. The van der Waals surface area contributed by atoms with Gasteiger partial charge in [0.15, 0.2) is 8.32 Å². The lowest BCUT2D eigenvalue weighted by Crippen LogP contribution is -2.41. The van der Waals surface area contributed by atoms with Crippen LogP contribution in [0.3, 0.4) is 0 Å². The van der Waals surface area contributed by atoms with E-state index in [4.69, 9.17) is 4.43 Å². The van der Waals surface area contributed by atoms with Crippen LogP contribution in [0.4, 0.5) is 0 Å². The summed E-state index contributed by atoms with van der Waals surface area (Å²) >= 11 is 0. The molecular formula is C17H28OSi. The van der Waals surface area contributed by atoms with Gasteiger partial charge in [-0.05, 0) is 43.1 Å². The summed E-state index contributed by atoms with van der Waals surface area (Å²) in [6, 6.07) is 8.57. The van der Waals surface area contributed by atoms with E-state index >= 15 is 0 Å². The second-order valence-electron chi connectivity index (χ2n) is 6.92. The van der Waals surface area contributed by atoms with Gasteiger partial charge in [0.1, 0.15) is 0 Å². The lowest BCUT2D eigenvalue weighted by Gasteiger charge is -2.38. The number of rotatable bonds is 4. The molecule has 0 bridgehead atoms. The average Bonchev–Trinajstić information content (AvgIpc) is 2.27. The SMILES string of the molecule is C=C(C)c1ccc(C(C)O[Si](C)(C)C(C)(C)C)cc1. The van der Waals surface area contributed by atoms with Crippen molar-refractivity contribution in [1.29, 1.82) is 0 Å². The summed E-state index contributed by atoms with van der Waals surface area (Å²) in [6.45, 7) is 19.6. The maximum atomic E-state index is 6.41. The van der Waals surface area contributed by atoms with Gasteiger partial charge in [-0.2, -0.15) is 0 Å². The van der Waals surface area contributed by atoms with Crippen molar-refractivity contribution in [3.05, 3.63) is 42.0 Å². The van der Waals surface area contributed by atoms with Crippen LogP contribution >= 0.6 is 0 Å². The first kappa shape index (κ1) is 16.2. The molecule has 0 saturated carbocycles. The standard InChI is InChI=1S/C17H28OSi/c1-13(2)15-9-11-16(12-10-15)14(3)18-19(7,8)17(4,5)6/h9-12,14H,1H2,2-8H3. The molecule has 1 unspecified atom stereocenters. The molecule has 106 valence electrons. The first-order chi connectivity index (χ1) is 8.54. The largest absolute Gasteiger partial charge is 0.410 e. The van der Waals surface area contributed by atoms with Crippen LogP contribution < -0.4 is 0 Å². The molecular weight excluding hydrogens is 248 g/mol. The lowest BCUT2D eigenvalue weighted by molar-refractivity contribution is 0.203. The Bertz CT molecular complexity index is 437. The van der Waals surface area contributed by atoms with Gasteiger partial charge < -0.3 is 4.43 Å². The van der Waals surface area contributed by atoms with Crippen LogP contribution in [-0.2, 0) is 4.43 Å². The highest BCUT2D eigenvalue weighted by Gasteiger charge is 2.38. The Morgan fingerprint density at radius 3 is 2.00 bits per heavy atom. The van der Waals surface area contributed by atoms with E-state index in [0.29, 0.717) is 0 Å². The van der Waals surface area contributed by atoms with Crippen LogP contribution in [0.1, 0.15) is 51.8 Å². The van der Waals surface area contributed by atoms with Crippen molar-refractivity contribution in [1.82, 2.24) is 0 Å². The van der Waals surface area contributed by atoms with Gasteiger partial charge in [0.05, 0.1) is 6.10 Å². The van der Waals surface area contributed by atoms with Crippen LogP contribution in [0.5, 0.6) is 0 Å². The van der Waals surface area contributed by atoms with Crippen molar-refractivity contribution in [2.24, 2.45) is 0 Å². The molecule has 1 nitrogen and oxygen atoms in total. The number of allylic oxidation sites excluding steroid dienone is 1. The fraction of sp³-hybridized carbons (Fsp3) is 0.529. The van der Waals surface area contributed by atoms with Gasteiger partial charge in [-0.3, -0.25) is 0 Å². The third kappa shape index (κ3) is 4.05. The maximum absolute atomic E-state index is 6.41. The minimum atomic E-state index is -1.70. The molecule has 19 heavy (non-hydrogen) atoms. The summed E-state index contributed by atoms with van der Waals surface area (Å²) in [5, 5.41) is 0.249. The molecule has 0 spiro atoms. The summed E-state index contributed by atoms with van der Waals surface area (Å²) in [4.78, 5) is 0. The number of hydrogen-bond acceptors (Lipinski definition) is 1. The summed E-state index contributed by atoms with van der Waals surface area (Å²) < 4.78 is 6.41. The normalized spacial score (nSPS) is 14.3. The summed E-state index contributed by atoms with van der Waals surface area (Å²) in [6.07, 6.45) is 0.153. The Hall–Kier alpha value is -0.863. The smallest absolute Gasteiger partial charge is 0.192 e. The molecule has 0 heterocycles. The van der Waals surface area contributed by atoms with Gasteiger partial charge in [-0.25, -0.2) is 0 Å². The first-order valence-electron chi connectivity index (χ1n) is 6.98. The molecule has 0 aliphatic rings. The van der Waals surface area contributed by atoms with Gasteiger partial charge in [0, 0.05) is 0 Å². The Balaban J connectivity index is 2.84. The van der Waals surface area contributed by atoms with Crippen LogP contribution in [0, 0.1) is 0 Å². The van der Waals surface area contributed by atoms with Gasteiger partial charge >= 0.3 is 0 Å². The van der Waals surface area contributed by atoms with Crippen molar-refractivity contribution in [3.8, 4) is 0 Å². The zero-order valence-electron chi connectivity index (χ0n) is 13.5. The Morgan fingerprint density at radius 2 is 1.63 bits per heavy atom. The van der Waals surface area contributed by atoms with Gasteiger partial charge in [-0.15, -0.1) is 0 Å². The maximum Gasteiger partial charge on any atom is 0.192 e. The molecule has 2 heteroatoms. The van der Waals surface area contributed by atoms with E-state index in [2.05, 4.69) is 71.6 Å². The fourth-order valence-electron chi connectivity index (χ4n) is 1.73. The number of hydrogen-bond donors (Lipinski definition) is 0. The highest BCUT2D eigenvalue weighted by Crippen LogP contribution is 2.39. The lowest BCUT2D eigenvalue weighted by atomic mass is 10.0. The fourth-order valence-corrected chi connectivity index (χ4v) is 3.10. The van der Waals surface area contributed by atoms with Crippen molar-refractivity contribution >= 4 is 13.9 Å². The van der Waals surface area contributed by atoms with Crippen molar-refractivity contribution in [2.45, 2.75) is 58.9 Å². The molecule has 0 fully saturated rings. The molecule has 0 aromatic heterocycles. The van der Waals surface area contributed by atoms with E-state index in [1.807, 2.05) is 6.92 Å². The van der Waals surface area contributed by atoms with E-state index in [1.165, 1.54) is 11.1 Å². The van der Waals surface area contributed by atoms with E-state index in [1.54, 1.807) is 0 Å². The van der Waals surface area contributed by atoms with Crippen LogP contribution in [0.2, 0.25) is 18.1 Å². The third-order valence-corrected chi connectivity index (χ3v) is 8.71. The van der Waals surface area contributed by atoms with Gasteiger partial charge in [-0.1, -0.05) is 57.2 Å². The summed E-state index contributed by atoms with van der Waals surface area (Å²) in [7, 11) is -1.70. The van der Waals surface area contributed by atoms with Gasteiger partial charge in [0.2, 0.25) is 0 Å². The zero-order chi connectivity index (χ0) is 14.8. The van der Waals surface area contributed by atoms with Crippen molar-refractivity contribution < 1.29 is 4.43 Å². The predicted molar refractivity (Wildman–Crippen MR) is 87.8 cm³/mol. The zero-order valence-corrected chi connectivity index (χ0v) is 14.5. The molecule has 0 radical (unpaired) electrons. The Morgan fingerprint density at radius 1 is 1.16 bits per heavy atom. The Labute approximate surface area is 119 Å².